The Morgan fingerprint density at radius 2 is 1.91 bits per heavy atom. The lowest BCUT2D eigenvalue weighted by Gasteiger charge is -2.30. The van der Waals surface area contributed by atoms with Crippen LogP contribution in [0.25, 0.3) is 0 Å². The molecule has 5 heteroatoms. The van der Waals surface area contributed by atoms with E-state index in [1.807, 2.05) is 0 Å². The quantitative estimate of drug-likeness (QED) is 0.519. The molecule has 0 aromatic carbocycles. The SMILES string of the molecule is CN(C(=N)N)C(=O)[C@@H](CCC1CCCCC1)CC1CCCNC1. The summed E-state index contributed by atoms with van der Waals surface area (Å²) >= 11 is 0. The number of carbonyl (C=O) groups excluding carboxylic acids is 1. The fourth-order valence-corrected chi connectivity index (χ4v) is 4.17. The van der Waals surface area contributed by atoms with Gasteiger partial charge in [0.25, 0.3) is 0 Å². The summed E-state index contributed by atoms with van der Waals surface area (Å²) < 4.78 is 0. The number of nitrogens with zero attached hydrogens (tertiary/aromatic N) is 1. The molecule has 0 bridgehead atoms. The Morgan fingerprint density at radius 3 is 2.52 bits per heavy atom. The average molecular weight is 322 g/mol. The van der Waals surface area contributed by atoms with Gasteiger partial charge in [-0.15, -0.1) is 0 Å². The number of piperidine rings is 1. The summed E-state index contributed by atoms with van der Waals surface area (Å²) in [6, 6.07) is 0. The van der Waals surface area contributed by atoms with E-state index in [0.717, 1.165) is 38.3 Å². The second-order valence-corrected chi connectivity index (χ2v) is 7.51. The maximum Gasteiger partial charge on any atom is 0.232 e. The minimum atomic E-state index is -0.139. The first-order chi connectivity index (χ1) is 11.1. The lowest BCUT2D eigenvalue weighted by atomic mass is 9.81. The van der Waals surface area contributed by atoms with Gasteiger partial charge in [-0.1, -0.05) is 32.1 Å². The van der Waals surface area contributed by atoms with Crippen LogP contribution in [0.5, 0.6) is 0 Å². The summed E-state index contributed by atoms with van der Waals surface area (Å²) in [5.41, 5.74) is 5.52. The molecule has 2 fully saturated rings. The predicted octanol–water partition coefficient (Wildman–Crippen LogP) is 2.70. The summed E-state index contributed by atoms with van der Waals surface area (Å²) in [6.07, 6.45) is 12.2. The molecular weight excluding hydrogens is 288 g/mol. The molecule has 0 aromatic heterocycles. The Morgan fingerprint density at radius 1 is 1.22 bits per heavy atom. The van der Waals surface area contributed by atoms with Crippen LogP contribution in [0.3, 0.4) is 0 Å². The average Bonchev–Trinajstić information content (AvgIpc) is 2.59. The topological polar surface area (TPSA) is 82.2 Å². The van der Waals surface area contributed by atoms with Crippen molar-refractivity contribution < 1.29 is 4.79 Å². The molecule has 2 rings (SSSR count). The molecule has 0 aromatic rings. The zero-order valence-corrected chi connectivity index (χ0v) is 14.7. The van der Waals surface area contributed by atoms with Gasteiger partial charge >= 0.3 is 0 Å². The Hall–Kier alpha value is -1.10. The monoisotopic (exact) mass is 322 g/mol. The highest BCUT2D eigenvalue weighted by Crippen LogP contribution is 2.31. The van der Waals surface area contributed by atoms with Gasteiger partial charge in [0.1, 0.15) is 0 Å². The van der Waals surface area contributed by atoms with Crippen molar-refractivity contribution >= 4 is 11.9 Å². The molecular formula is C18H34N4O. The van der Waals surface area contributed by atoms with E-state index in [4.69, 9.17) is 11.1 Å². The maximum absolute atomic E-state index is 12.7. The largest absolute Gasteiger partial charge is 0.370 e. The van der Waals surface area contributed by atoms with E-state index in [1.54, 1.807) is 7.05 Å². The summed E-state index contributed by atoms with van der Waals surface area (Å²) in [5.74, 6) is 1.31. The predicted molar refractivity (Wildman–Crippen MR) is 94.2 cm³/mol. The molecule has 1 aliphatic carbocycles. The zero-order chi connectivity index (χ0) is 16.7. The van der Waals surface area contributed by atoms with Gasteiger partial charge < -0.3 is 11.1 Å². The van der Waals surface area contributed by atoms with Crippen molar-refractivity contribution in [3.8, 4) is 0 Å². The number of amides is 1. The molecule has 0 spiro atoms. The molecule has 1 saturated heterocycles. The fourth-order valence-electron chi connectivity index (χ4n) is 4.17. The Labute approximate surface area is 140 Å². The van der Waals surface area contributed by atoms with E-state index in [-0.39, 0.29) is 17.8 Å². The van der Waals surface area contributed by atoms with Gasteiger partial charge in [-0.05, 0) is 57.0 Å². The number of guanidine groups is 1. The summed E-state index contributed by atoms with van der Waals surface area (Å²) in [4.78, 5) is 14.1. The van der Waals surface area contributed by atoms with E-state index in [1.165, 1.54) is 49.8 Å². The smallest absolute Gasteiger partial charge is 0.232 e. The highest BCUT2D eigenvalue weighted by Gasteiger charge is 2.28. The van der Waals surface area contributed by atoms with Crippen LogP contribution >= 0.6 is 0 Å². The Balaban J connectivity index is 1.91. The number of nitrogens with two attached hydrogens (primary N) is 1. The minimum Gasteiger partial charge on any atom is -0.370 e. The van der Waals surface area contributed by atoms with E-state index in [0.29, 0.717) is 5.92 Å². The van der Waals surface area contributed by atoms with Gasteiger partial charge in [-0.25, -0.2) is 0 Å². The Kier molecular flexibility index (Phi) is 7.34. The van der Waals surface area contributed by atoms with Crippen molar-refractivity contribution in [3.05, 3.63) is 0 Å². The highest BCUT2D eigenvalue weighted by atomic mass is 16.2. The molecule has 4 N–H and O–H groups in total. The first-order valence-electron chi connectivity index (χ1n) is 9.40. The summed E-state index contributed by atoms with van der Waals surface area (Å²) in [7, 11) is 1.64. The third-order valence-electron chi connectivity index (χ3n) is 5.71. The molecule has 1 heterocycles. The van der Waals surface area contributed by atoms with E-state index in [9.17, 15) is 4.79 Å². The van der Waals surface area contributed by atoms with Crippen LogP contribution in [-0.4, -0.2) is 36.9 Å². The third kappa shape index (κ3) is 5.79. The highest BCUT2D eigenvalue weighted by molar-refractivity contribution is 5.95. The van der Waals surface area contributed by atoms with Gasteiger partial charge in [0, 0.05) is 13.0 Å². The molecule has 2 atom stereocenters. The number of carbonyl (C=O) groups is 1. The lowest BCUT2D eigenvalue weighted by Crippen LogP contribution is -2.43. The van der Waals surface area contributed by atoms with Crippen LogP contribution < -0.4 is 11.1 Å². The molecule has 132 valence electrons. The van der Waals surface area contributed by atoms with Crippen LogP contribution in [0.2, 0.25) is 0 Å². The number of rotatable bonds is 6. The summed E-state index contributed by atoms with van der Waals surface area (Å²) in [6.45, 7) is 2.13. The fraction of sp³-hybridized carbons (Fsp3) is 0.889. The van der Waals surface area contributed by atoms with E-state index >= 15 is 0 Å². The van der Waals surface area contributed by atoms with Gasteiger partial charge in [-0.2, -0.15) is 0 Å². The maximum atomic E-state index is 12.7. The first-order valence-corrected chi connectivity index (χ1v) is 9.40. The second kappa shape index (κ2) is 9.26. The van der Waals surface area contributed by atoms with Gasteiger partial charge in [-0.3, -0.25) is 15.1 Å². The first kappa shape index (κ1) is 18.2. The molecule has 1 amide bonds. The van der Waals surface area contributed by atoms with Gasteiger partial charge in [0.2, 0.25) is 5.91 Å². The summed E-state index contributed by atoms with van der Waals surface area (Å²) in [5, 5.41) is 11.0. The molecule has 0 radical (unpaired) electrons. The third-order valence-corrected chi connectivity index (χ3v) is 5.71. The van der Waals surface area contributed by atoms with E-state index < -0.39 is 0 Å². The lowest BCUT2D eigenvalue weighted by molar-refractivity contribution is -0.131. The molecule has 1 saturated carbocycles. The van der Waals surface area contributed by atoms with Crippen LogP contribution in [0.15, 0.2) is 0 Å². The molecule has 2 aliphatic rings. The minimum absolute atomic E-state index is 0.0238. The molecule has 5 nitrogen and oxygen atoms in total. The van der Waals surface area contributed by atoms with E-state index in [2.05, 4.69) is 5.32 Å². The van der Waals surface area contributed by atoms with Crippen molar-refractivity contribution in [3.63, 3.8) is 0 Å². The van der Waals surface area contributed by atoms with Gasteiger partial charge in [0.15, 0.2) is 5.96 Å². The van der Waals surface area contributed by atoms with Gasteiger partial charge in [0.05, 0.1) is 0 Å². The number of hydrogen-bond acceptors (Lipinski definition) is 3. The van der Waals surface area contributed by atoms with Crippen molar-refractivity contribution in [2.24, 2.45) is 23.5 Å². The van der Waals surface area contributed by atoms with Crippen molar-refractivity contribution in [2.75, 3.05) is 20.1 Å². The van der Waals surface area contributed by atoms with Crippen LogP contribution in [-0.2, 0) is 4.79 Å². The van der Waals surface area contributed by atoms with Crippen LogP contribution in [0.4, 0.5) is 0 Å². The molecule has 1 aliphatic heterocycles. The Bertz CT molecular complexity index is 386. The van der Waals surface area contributed by atoms with Crippen molar-refractivity contribution in [1.82, 2.24) is 10.2 Å². The zero-order valence-electron chi connectivity index (χ0n) is 14.7. The van der Waals surface area contributed by atoms with Crippen molar-refractivity contribution in [2.45, 2.75) is 64.2 Å². The normalized spacial score (nSPS) is 24.1. The number of nitrogens with one attached hydrogen (secondary N) is 2. The molecule has 1 unspecified atom stereocenters. The van der Waals surface area contributed by atoms with Crippen LogP contribution in [0, 0.1) is 23.2 Å². The standard InChI is InChI=1S/C18H34N4O/c1-22(18(19)20)17(23)16(12-15-8-5-11-21-13-15)10-9-14-6-3-2-4-7-14/h14-16,21H,2-13H2,1H3,(H3,19,20)/t15?,16-/m0/s1. The molecule has 23 heavy (non-hydrogen) atoms. The van der Waals surface area contributed by atoms with Crippen LogP contribution in [0.1, 0.15) is 64.2 Å². The second-order valence-electron chi connectivity index (χ2n) is 7.51. The number of hydrogen-bond donors (Lipinski definition) is 3. The van der Waals surface area contributed by atoms with Crippen molar-refractivity contribution in [1.29, 1.82) is 5.41 Å².